The van der Waals surface area contributed by atoms with Crippen molar-refractivity contribution in [3.05, 3.63) is 0 Å². The Hall–Kier alpha value is -0.450. The Morgan fingerprint density at radius 2 is 2.27 bits per heavy atom. The van der Waals surface area contributed by atoms with Gasteiger partial charge in [-0.25, -0.2) is 0 Å². The second-order valence-corrected chi connectivity index (χ2v) is 5.06. The van der Waals surface area contributed by atoms with E-state index in [1.807, 2.05) is 0 Å². The van der Waals surface area contributed by atoms with Crippen molar-refractivity contribution < 1.29 is 9.90 Å². The van der Waals surface area contributed by atoms with E-state index in [0.717, 1.165) is 25.5 Å². The van der Waals surface area contributed by atoms with E-state index in [1.54, 1.807) is 6.92 Å². The minimum absolute atomic E-state index is 0.168. The van der Waals surface area contributed by atoms with Gasteiger partial charge in [0.15, 0.2) is 0 Å². The molecule has 4 N–H and O–H groups in total. The Labute approximate surface area is 91.2 Å². The van der Waals surface area contributed by atoms with Crippen LogP contribution in [0, 0.1) is 5.92 Å². The van der Waals surface area contributed by atoms with Crippen LogP contribution in [-0.4, -0.2) is 35.6 Å². The van der Waals surface area contributed by atoms with Crippen LogP contribution in [0.1, 0.15) is 33.1 Å². The molecular formula is C11H22N2O2. The fourth-order valence-corrected chi connectivity index (χ4v) is 1.97. The first-order valence-corrected chi connectivity index (χ1v) is 5.61. The van der Waals surface area contributed by atoms with Crippen molar-refractivity contribution in [1.82, 2.24) is 5.32 Å². The molecule has 0 bridgehead atoms. The van der Waals surface area contributed by atoms with Crippen LogP contribution in [0.3, 0.4) is 0 Å². The van der Waals surface area contributed by atoms with Gasteiger partial charge in [-0.2, -0.15) is 0 Å². The number of aliphatic hydroxyl groups is 1. The van der Waals surface area contributed by atoms with Gasteiger partial charge in [0, 0.05) is 12.6 Å². The number of carbonyl (C=O) groups excluding carboxylic acids is 1. The molecule has 4 atom stereocenters. The van der Waals surface area contributed by atoms with Crippen LogP contribution in [0.15, 0.2) is 0 Å². The molecule has 0 amide bonds. The summed E-state index contributed by atoms with van der Waals surface area (Å²) in [6.07, 6.45) is 3.36. The molecule has 1 saturated carbocycles. The van der Waals surface area contributed by atoms with Crippen LogP contribution < -0.4 is 11.1 Å². The lowest BCUT2D eigenvalue weighted by atomic mass is 9.84. The Balaban J connectivity index is 2.31. The minimum Gasteiger partial charge on any atom is -0.393 e. The van der Waals surface area contributed by atoms with Crippen molar-refractivity contribution in [2.45, 2.75) is 50.8 Å². The molecule has 0 aromatic carbocycles. The molecule has 0 aliphatic heterocycles. The Morgan fingerprint density at radius 3 is 2.80 bits per heavy atom. The van der Waals surface area contributed by atoms with E-state index in [9.17, 15) is 9.90 Å². The number of aldehydes is 1. The average Bonchev–Trinajstić information content (AvgIpc) is 2.20. The van der Waals surface area contributed by atoms with Gasteiger partial charge in [0.1, 0.15) is 6.29 Å². The van der Waals surface area contributed by atoms with Gasteiger partial charge in [-0.3, -0.25) is 0 Å². The monoisotopic (exact) mass is 214 g/mol. The molecule has 1 aliphatic carbocycles. The molecule has 0 saturated heterocycles. The van der Waals surface area contributed by atoms with Gasteiger partial charge in [0.2, 0.25) is 0 Å². The second kappa shape index (κ2) is 5.05. The SMILES string of the molecule is C[C@H]1C[C@H](NC[C@](C)(N)C=O)CC[C@@H]1O. The highest BCUT2D eigenvalue weighted by Gasteiger charge is 2.27. The normalized spacial score (nSPS) is 35.9. The first kappa shape index (κ1) is 12.6. The van der Waals surface area contributed by atoms with Gasteiger partial charge in [-0.15, -0.1) is 0 Å². The zero-order chi connectivity index (χ0) is 11.5. The first-order chi connectivity index (χ1) is 6.94. The van der Waals surface area contributed by atoms with Crippen LogP contribution in [0.2, 0.25) is 0 Å². The molecule has 0 aromatic rings. The molecule has 4 heteroatoms. The number of carbonyl (C=O) groups is 1. The summed E-state index contributed by atoms with van der Waals surface area (Å²) >= 11 is 0. The maximum Gasteiger partial charge on any atom is 0.140 e. The predicted molar refractivity (Wildman–Crippen MR) is 59.5 cm³/mol. The highest BCUT2D eigenvalue weighted by molar-refractivity contribution is 5.63. The maximum absolute atomic E-state index is 10.6. The van der Waals surface area contributed by atoms with Crippen LogP contribution in [0.5, 0.6) is 0 Å². The molecule has 4 nitrogen and oxygen atoms in total. The van der Waals surface area contributed by atoms with E-state index >= 15 is 0 Å². The fraction of sp³-hybridized carbons (Fsp3) is 0.909. The number of nitrogens with two attached hydrogens (primary N) is 1. The standard InChI is InChI=1S/C11H22N2O2/c1-8-5-9(3-4-10(8)15)13-6-11(2,12)7-14/h7-10,13,15H,3-6,12H2,1-2H3/t8-,9+,10-,11-/m0/s1. The number of rotatable bonds is 4. The first-order valence-electron chi connectivity index (χ1n) is 5.61. The molecule has 0 radical (unpaired) electrons. The minimum atomic E-state index is -0.778. The summed E-state index contributed by atoms with van der Waals surface area (Å²) in [7, 11) is 0. The molecule has 88 valence electrons. The Kier molecular flexibility index (Phi) is 4.25. The van der Waals surface area contributed by atoms with Crippen LogP contribution in [0.25, 0.3) is 0 Å². The summed E-state index contributed by atoms with van der Waals surface area (Å²) in [5.41, 5.74) is 4.94. The van der Waals surface area contributed by atoms with E-state index < -0.39 is 5.54 Å². The van der Waals surface area contributed by atoms with E-state index in [-0.39, 0.29) is 6.10 Å². The lowest BCUT2D eigenvalue weighted by Crippen LogP contribution is -2.51. The molecule has 0 heterocycles. The number of hydrogen-bond acceptors (Lipinski definition) is 4. The molecule has 0 unspecified atom stereocenters. The van der Waals surface area contributed by atoms with Gasteiger partial charge in [0.05, 0.1) is 11.6 Å². The Bertz CT molecular complexity index is 219. The van der Waals surface area contributed by atoms with Gasteiger partial charge >= 0.3 is 0 Å². The highest BCUT2D eigenvalue weighted by atomic mass is 16.3. The quantitative estimate of drug-likeness (QED) is 0.578. The molecular weight excluding hydrogens is 192 g/mol. The fourth-order valence-electron chi connectivity index (χ4n) is 1.97. The predicted octanol–water partition coefficient (Wildman–Crippen LogP) is 0.0418. The average molecular weight is 214 g/mol. The maximum atomic E-state index is 10.6. The number of hydrogen-bond donors (Lipinski definition) is 3. The lowest BCUT2D eigenvalue weighted by Gasteiger charge is -2.33. The van der Waals surface area contributed by atoms with Crippen molar-refractivity contribution in [1.29, 1.82) is 0 Å². The molecule has 0 spiro atoms. The van der Waals surface area contributed by atoms with E-state index in [2.05, 4.69) is 12.2 Å². The molecule has 1 fully saturated rings. The summed E-state index contributed by atoms with van der Waals surface area (Å²) < 4.78 is 0. The Morgan fingerprint density at radius 1 is 1.60 bits per heavy atom. The van der Waals surface area contributed by atoms with E-state index in [1.165, 1.54) is 0 Å². The van der Waals surface area contributed by atoms with Crippen molar-refractivity contribution in [3.63, 3.8) is 0 Å². The van der Waals surface area contributed by atoms with Crippen molar-refractivity contribution >= 4 is 6.29 Å². The molecule has 0 aromatic heterocycles. The smallest absolute Gasteiger partial charge is 0.140 e. The summed E-state index contributed by atoms with van der Waals surface area (Å²) in [6.45, 7) is 4.28. The lowest BCUT2D eigenvalue weighted by molar-refractivity contribution is -0.111. The van der Waals surface area contributed by atoms with Crippen LogP contribution in [-0.2, 0) is 4.79 Å². The zero-order valence-corrected chi connectivity index (χ0v) is 9.57. The van der Waals surface area contributed by atoms with Gasteiger partial charge in [-0.1, -0.05) is 6.92 Å². The summed E-state index contributed by atoms with van der Waals surface area (Å²) in [5.74, 6) is 0.330. The third kappa shape index (κ3) is 3.89. The molecule has 15 heavy (non-hydrogen) atoms. The third-order valence-corrected chi connectivity index (χ3v) is 3.16. The van der Waals surface area contributed by atoms with Gasteiger partial charge < -0.3 is 21.0 Å². The van der Waals surface area contributed by atoms with Gasteiger partial charge in [-0.05, 0) is 32.1 Å². The van der Waals surface area contributed by atoms with Crippen molar-refractivity contribution in [3.8, 4) is 0 Å². The topological polar surface area (TPSA) is 75.3 Å². The van der Waals surface area contributed by atoms with Crippen LogP contribution >= 0.6 is 0 Å². The third-order valence-electron chi connectivity index (χ3n) is 3.16. The second-order valence-electron chi connectivity index (χ2n) is 5.06. The van der Waals surface area contributed by atoms with E-state index in [0.29, 0.717) is 18.5 Å². The van der Waals surface area contributed by atoms with Crippen molar-refractivity contribution in [2.75, 3.05) is 6.54 Å². The highest BCUT2D eigenvalue weighted by Crippen LogP contribution is 2.24. The number of nitrogens with one attached hydrogen (secondary N) is 1. The van der Waals surface area contributed by atoms with Crippen LogP contribution in [0.4, 0.5) is 0 Å². The zero-order valence-electron chi connectivity index (χ0n) is 9.57. The summed E-state index contributed by atoms with van der Waals surface area (Å²) in [4.78, 5) is 10.6. The molecule has 1 rings (SSSR count). The van der Waals surface area contributed by atoms with Crippen molar-refractivity contribution in [2.24, 2.45) is 11.7 Å². The van der Waals surface area contributed by atoms with E-state index in [4.69, 9.17) is 5.73 Å². The largest absolute Gasteiger partial charge is 0.393 e. The summed E-state index contributed by atoms with van der Waals surface area (Å²) in [6, 6.07) is 0.381. The number of aliphatic hydroxyl groups excluding tert-OH is 1. The van der Waals surface area contributed by atoms with Gasteiger partial charge in [0.25, 0.3) is 0 Å². The summed E-state index contributed by atoms with van der Waals surface area (Å²) in [5, 5.41) is 12.9. The molecule has 1 aliphatic rings.